The molecule has 2 aliphatic heterocycles. The van der Waals surface area contributed by atoms with Gasteiger partial charge in [-0.05, 0) is 29.7 Å². The number of allylic oxidation sites excluding steroid dienone is 1. The summed E-state index contributed by atoms with van der Waals surface area (Å²) in [5, 5.41) is 3.67. The van der Waals surface area contributed by atoms with Gasteiger partial charge in [-0.2, -0.15) is 0 Å². The summed E-state index contributed by atoms with van der Waals surface area (Å²) in [4.78, 5) is 8.31. The first kappa shape index (κ1) is 14.6. The third-order valence-corrected chi connectivity index (χ3v) is 5.90. The van der Waals surface area contributed by atoms with Gasteiger partial charge < -0.3 is 9.64 Å². The number of fused-ring (bicyclic) bond motifs is 1. The summed E-state index contributed by atoms with van der Waals surface area (Å²) in [5.74, 6) is 0.878. The third-order valence-electron chi connectivity index (χ3n) is 4.73. The largest absolute Gasteiger partial charge is 0.497 e. The number of aliphatic imine (C=N–C) groups is 1. The van der Waals surface area contributed by atoms with Crippen LogP contribution in [0.15, 0.2) is 75.6 Å². The zero-order valence-electron chi connectivity index (χ0n) is 14.0. The van der Waals surface area contributed by atoms with E-state index in [9.17, 15) is 0 Å². The maximum atomic E-state index is 5.36. The van der Waals surface area contributed by atoms with Crippen molar-refractivity contribution < 1.29 is 4.74 Å². The van der Waals surface area contributed by atoms with E-state index in [-0.39, 0.29) is 0 Å². The molecule has 0 aliphatic carbocycles. The number of ether oxygens (including phenoxy) is 1. The normalized spacial score (nSPS) is 16.5. The minimum Gasteiger partial charge on any atom is -0.497 e. The summed E-state index contributed by atoms with van der Waals surface area (Å²) in [7, 11) is 3.79. The van der Waals surface area contributed by atoms with E-state index in [0.717, 1.165) is 17.1 Å². The van der Waals surface area contributed by atoms with Crippen LogP contribution in [0.25, 0.3) is 10.8 Å². The smallest absolute Gasteiger partial charge is 0.121 e. The van der Waals surface area contributed by atoms with Crippen molar-refractivity contribution in [3.8, 4) is 5.75 Å². The molecule has 0 radical (unpaired) electrons. The van der Waals surface area contributed by atoms with Crippen molar-refractivity contribution in [2.75, 3.05) is 19.1 Å². The Kier molecular flexibility index (Phi) is 3.15. The van der Waals surface area contributed by atoms with Gasteiger partial charge in [0.05, 0.1) is 29.2 Å². The Hall–Kier alpha value is -2.72. The molecule has 0 spiro atoms. The van der Waals surface area contributed by atoms with Crippen LogP contribution < -0.4 is 9.64 Å². The first-order valence-electron chi connectivity index (χ1n) is 8.17. The second-order valence-electron chi connectivity index (χ2n) is 6.16. The Balaban J connectivity index is 1.58. The van der Waals surface area contributed by atoms with Gasteiger partial charge in [-0.1, -0.05) is 42.1 Å². The predicted octanol–water partition coefficient (Wildman–Crippen LogP) is 5.37. The fourth-order valence-electron chi connectivity index (χ4n) is 3.44. The van der Waals surface area contributed by atoms with Gasteiger partial charge in [-0.15, -0.1) is 0 Å². The van der Waals surface area contributed by atoms with Gasteiger partial charge in [0.1, 0.15) is 5.75 Å². The summed E-state index contributed by atoms with van der Waals surface area (Å²) < 4.78 is 5.36. The summed E-state index contributed by atoms with van der Waals surface area (Å²) in [6, 6.07) is 18.9. The predicted molar refractivity (Wildman–Crippen MR) is 105 cm³/mol. The molecule has 0 bridgehead atoms. The van der Waals surface area contributed by atoms with E-state index < -0.39 is 0 Å². The molecule has 122 valence electrons. The minimum absolute atomic E-state index is 0.878. The lowest BCUT2D eigenvalue weighted by atomic mass is 10.0. The highest BCUT2D eigenvalue weighted by Crippen LogP contribution is 2.47. The summed E-state index contributed by atoms with van der Waals surface area (Å²) in [5.41, 5.74) is 4.47. The van der Waals surface area contributed by atoms with Gasteiger partial charge in [0.2, 0.25) is 0 Å². The molecule has 0 N–H and O–H groups in total. The number of rotatable bonds is 2. The Bertz CT molecular complexity index is 1080. The molecule has 25 heavy (non-hydrogen) atoms. The molecular formula is C21H16N2OS. The van der Waals surface area contributed by atoms with Crippen molar-refractivity contribution in [3.05, 3.63) is 71.3 Å². The van der Waals surface area contributed by atoms with Crippen LogP contribution in [-0.2, 0) is 0 Å². The summed E-state index contributed by atoms with van der Waals surface area (Å²) in [6.45, 7) is 0. The van der Waals surface area contributed by atoms with Gasteiger partial charge in [-0.25, -0.2) is 4.99 Å². The molecule has 2 heterocycles. The molecule has 0 saturated carbocycles. The lowest BCUT2D eigenvalue weighted by Gasteiger charge is -2.14. The minimum atomic E-state index is 0.878. The van der Waals surface area contributed by atoms with Crippen molar-refractivity contribution >= 4 is 39.6 Å². The van der Waals surface area contributed by atoms with Crippen LogP contribution in [0.1, 0.15) is 5.56 Å². The van der Waals surface area contributed by atoms with E-state index in [4.69, 9.17) is 9.73 Å². The number of benzene rings is 3. The third kappa shape index (κ3) is 2.18. The van der Waals surface area contributed by atoms with E-state index in [1.165, 1.54) is 31.9 Å². The maximum absolute atomic E-state index is 5.36. The van der Waals surface area contributed by atoms with Crippen molar-refractivity contribution in [2.24, 2.45) is 4.99 Å². The van der Waals surface area contributed by atoms with Crippen LogP contribution in [0.4, 0.5) is 11.4 Å². The van der Waals surface area contributed by atoms with E-state index in [2.05, 4.69) is 66.6 Å². The van der Waals surface area contributed by atoms with Crippen molar-refractivity contribution in [2.45, 2.75) is 4.90 Å². The van der Waals surface area contributed by atoms with Crippen LogP contribution in [-0.4, -0.2) is 19.9 Å². The molecule has 0 fully saturated rings. The monoisotopic (exact) mass is 344 g/mol. The van der Waals surface area contributed by atoms with Gasteiger partial charge in [0.15, 0.2) is 0 Å². The second-order valence-corrected chi connectivity index (χ2v) is 7.22. The van der Waals surface area contributed by atoms with E-state index in [1.807, 2.05) is 6.07 Å². The van der Waals surface area contributed by atoms with Crippen LogP contribution in [0.3, 0.4) is 0 Å². The lowest BCUT2D eigenvalue weighted by molar-refractivity contribution is 0.414. The Labute approximate surface area is 150 Å². The highest BCUT2D eigenvalue weighted by atomic mass is 32.2. The van der Waals surface area contributed by atoms with Gasteiger partial charge in [0.25, 0.3) is 0 Å². The highest BCUT2D eigenvalue weighted by Gasteiger charge is 2.25. The average molecular weight is 344 g/mol. The number of nitrogens with zero attached hydrogens (tertiary/aromatic N) is 2. The Morgan fingerprint density at radius 2 is 1.92 bits per heavy atom. The first-order valence-corrected chi connectivity index (χ1v) is 8.98. The fraction of sp³-hybridized carbons (Fsp3) is 0.0952. The van der Waals surface area contributed by atoms with Crippen molar-refractivity contribution in [1.82, 2.24) is 0 Å². The van der Waals surface area contributed by atoms with Crippen molar-refractivity contribution in [1.29, 1.82) is 0 Å². The molecule has 0 aromatic heterocycles. The van der Waals surface area contributed by atoms with Gasteiger partial charge >= 0.3 is 0 Å². The van der Waals surface area contributed by atoms with Crippen molar-refractivity contribution in [3.63, 3.8) is 0 Å². The van der Waals surface area contributed by atoms with E-state index in [1.54, 1.807) is 18.9 Å². The fourth-order valence-corrected chi connectivity index (χ4v) is 4.51. The number of methoxy groups -OCH3 is 1. The van der Waals surface area contributed by atoms with E-state index >= 15 is 0 Å². The molecule has 0 unspecified atom stereocenters. The average Bonchev–Trinajstić information content (AvgIpc) is 3.15. The quantitative estimate of drug-likeness (QED) is 0.625. The molecule has 0 amide bonds. The van der Waals surface area contributed by atoms with E-state index in [0.29, 0.717) is 0 Å². The molecule has 5 rings (SSSR count). The summed E-state index contributed by atoms with van der Waals surface area (Å²) in [6.07, 6.45) is 2.19. The molecule has 3 nitrogen and oxygen atoms in total. The zero-order valence-corrected chi connectivity index (χ0v) is 14.8. The molecule has 3 aromatic carbocycles. The Morgan fingerprint density at radius 1 is 1.08 bits per heavy atom. The Morgan fingerprint density at radius 3 is 2.76 bits per heavy atom. The number of hydrogen-bond acceptors (Lipinski definition) is 4. The van der Waals surface area contributed by atoms with Gasteiger partial charge in [0, 0.05) is 29.0 Å². The maximum Gasteiger partial charge on any atom is 0.121 e. The van der Waals surface area contributed by atoms with Crippen LogP contribution >= 0.6 is 11.8 Å². The highest BCUT2D eigenvalue weighted by molar-refractivity contribution is 8.03. The number of thioether (sulfide) groups is 1. The molecule has 2 aliphatic rings. The SMILES string of the molecule is COc1ccc2c(c1)N(C)/C(=C\C1=Nc3cccc4cccc1c34)S2. The molecule has 0 saturated heterocycles. The number of anilines is 1. The lowest BCUT2D eigenvalue weighted by Crippen LogP contribution is -2.11. The number of hydrogen-bond donors (Lipinski definition) is 0. The summed E-state index contributed by atoms with van der Waals surface area (Å²) >= 11 is 1.77. The van der Waals surface area contributed by atoms with Crippen LogP contribution in [0, 0.1) is 0 Å². The zero-order chi connectivity index (χ0) is 17.0. The van der Waals surface area contributed by atoms with Gasteiger partial charge in [-0.3, -0.25) is 0 Å². The standard InChI is InChI=1S/C21H16N2OS/c1-23-18-11-14(24-2)9-10-19(18)25-20(23)12-17-15-7-3-5-13-6-4-8-16(22-17)21(13)15/h3-12H,1-2H3/b20-12+. The molecular weight excluding hydrogens is 328 g/mol. The van der Waals surface area contributed by atoms with Crippen LogP contribution in [0.5, 0.6) is 5.75 Å². The topological polar surface area (TPSA) is 24.8 Å². The first-order chi connectivity index (χ1) is 12.2. The molecule has 4 heteroatoms. The molecule has 0 atom stereocenters. The van der Waals surface area contributed by atoms with Crippen LogP contribution in [0.2, 0.25) is 0 Å². The second kappa shape index (κ2) is 5.39. The molecule has 3 aromatic rings.